The maximum atomic E-state index is 14.2. The molecular formula is C26H33FN6O6. The van der Waals surface area contributed by atoms with Crippen molar-refractivity contribution in [1.29, 1.82) is 0 Å². The van der Waals surface area contributed by atoms with Gasteiger partial charge in [-0.1, -0.05) is 6.08 Å². The summed E-state index contributed by atoms with van der Waals surface area (Å²) in [6, 6.07) is 4.60. The zero-order valence-corrected chi connectivity index (χ0v) is 22.2. The van der Waals surface area contributed by atoms with E-state index in [0.29, 0.717) is 22.6 Å². The van der Waals surface area contributed by atoms with Crippen molar-refractivity contribution in [3.05, 3.63) is 64.6 Å². The quantitative estimate of drug-likeness (QED) is 0.169. The van der Waals surface area contributed by atoms with Gasteiger partial charge in [0.25, 0.3) is 5.56 Å². The van der Waals surface area contributed by atoms with Crippen LogP contribution in [0.4, 0.5) is 10.1 Å². The minimum Gasteiger partial charge on any atom is -0.486 e. The lowest BCUT2D eigenvalue weighted by Gasteiger charge is -2.21. The molecule has 1 unspecified atom stereocenters. The lowest BCUT2D eigenvalue weighted by Crippen LogP contribution is -2.47. The number of H-pyrrole nitrogens is 1. The fourth-order valence-electron chi connectivity index (χ4n) is 3.72. The zero-order chi connectivity index (χ0) is 28.7. The molecule has 0 fully saturated rings. The van der Waals surface area contributed by atoms with Crippen molar-refractivity contribution in [2.45, 2.75) is 58.2 Å². The number of primary amides is 1. The van der Waals surface area contributed by atoms with Gasteiger partial charge in [0.2, 0.25) is 18.2 Å². The molecule has 0 radical (unpaired) electrons. The van der Waals surface area contributed by atoms with E-state index in [2.05, 4.69) is 20.6 Å². The maximum absolute atomic E-state index is 14.2. The number of carbonyl (C=O) groups is 2. The zero-order valence-electron chi connectivity index (χ0n) is 22.2. The Kier molecular flexibility index (Phi) is 9.56. The Morgan fingerprint density at radius 2 is 2.08 bits per heavy atom. The minimum absolute atomic E-state index is 0.00667. The van der Waals surface area contributed by atoms with Crippen LogP contribution in [0.5, 0.6) is 5.75 Å². The summed E-state index contributed by atoms with van der Waals surface area (Å²) in [6.07, 6.45) is 3.22. The molecule has 1 aromatic carbocycles. The summed E-state index contributed by atoms with van der Waals surface area (Å²) in [4.78, 5) is 44.5. The van der Waals surface area contributed by atoms with Crippen molar-refractivity contribution >= 4 is 28.5 Å². The van der Waals surface area contributed by atoms with E-state index < -0.39 is 41.2 Å². The smallest absolute Gasteiger partial charge is 0.274 e. The summed E-state index contributed by atoms with van der Waals surface area (Å²) in [5.74, 6) is -1.06. The highest BCUT2D eigenvalue weighted by atomic mass is 19.1. The average molecular weight is 545 g/mol. The van der Waals surface area contributed by atoms with Gasteiger partial charge in [-0.05, 0) is 51.8 Å². The van der Waals surface area contributed by atoms with E-state index in [1.54, 1.807) is 6.07 Å². The lowest BCUT2D eigenvalue weighted by molar-refractivity contribution is -0.129. The molecule has 3 aromatic rings. The summed E-state index contributed by atoms with van der Waals surface area (Å²) < 4.78 is 26.1. The minimum atomic E-state index is -1.43. The number of pyridine rings is 1. The third-order valence-corrected chi connectivity index (χ3v) is 5.37. The molecule has 13 heteroatoms. The Hall–Kier alpha value is -4.07. The number of aliphatic hydroxyl groups is 1. The fraction of sp³-hybridized carbons (Fsp3) is 0.385. The molecule has 2 aromatic heterocycles. The van der Waals surface area contributed by atoms with E-state index in [1.165, 1.54) is 48.2 Å². The number of aliphatic hydroxyl groups excluding tert-OH is 1. The van der Waals surface area contributed by atoms with Crippen LogP contribution in [0, 0.1) is 5.82 Å². The Bertz CT molecular complexity index is 1410. The molecule has 2 atom stereocenters. The van der Waals surface area contributed by atoms with Crippen LogP contribution >= 0.6 is 0 Å². The van der Waals surface area contributed by atoms with E-state index in [4.69, 9.17) is 15.2 Å². The number of fused-ring (bicyclic) bond motifs is 1. The normalized spacial score (nSPS) is 13.5. The van der Waals surface area contributed by atoms with Gasteiger partial charge in [0.15, 0.2) is 0 Å². The fourth-order valence-corrected chi connectivity index (χ4v) is 3.72. The Balaban J connectivity index is 1.81. The number of nitrogens with one attached hydrogen (secondary N) is 3. The number of halogens is 1. The number of carbonyl (C=O) groups excluding carboxylic acids is 2. The Morgan fingerprint density at radius 3 is 2.74 bits per heavy atom. The molecule has 12 nitrogen and oxygen atoms in total. The second kappa shape index (κ2) is 12.7. The number of benzene rings is 1. The largest absolute Gasteiger partial charge is 0.486 e. The second-order valence-electron chi connectivity index (χ2n) is 9.73. The molecule has 3 rings (SSSR count). The van der Waals surface area contributed by atoms with Crippen LogP contribution in [-0.2, 0) is 20.9 Å². The number of nitrogens with two attached hydrogens (primary N) is 1. The number of anilines is 1. The number of aromatic nitrogens is 3. The average Bonchev–Trinajstić information content (AvgIpc) is 3.24. The molecule has 210 valence electrons. The van der Waals surface area contributed by atoms with Gasteiger partial charge >= 0.3 is 0 Å². The number of nitrogens with zero attached hydrogens (tertiary/aromatic N) is 2. The van der Waals surface area contributed by atoms with Crippen LogP contribution in [0.2, 0.25) is 0 Å². The Labute approximate surface area is 224 Å². The van der Waals surface area contributed by atoms with Gasteiger partial charge < -0.3 is 35.2 Å². The summed E-state index contributed by atoms with van der Waals surface area (Å²) >= 11 is 0. The van der Waals surface area contributed by atoms with E-state index in [9.17, 15) is 23.9 Å². The highest BCUT2D eigenvalue weighted by Gasteiger charge is 2.22. The summed E-state index contributed by atoms with van der Waals surface area (Å²) in [7, 11) is 1.25. The van der Waals surface area contributed by atoms with Crippen molar-refractivity contribution < 1.29 is 28.6 Å². The van der Waals surface area contributed by atoms with E-state index in [1.807, 2.05) is 20.8 Å². The van der Waals surface area contributed by atoms with Crippen LogP contribution < -0.4 is 26.7 Å². The third-order valence-electron chi connectivity index (χ3n) is 5.37. The van der Waals surface area contributed by atoms with Crippen molar-refractivity contribution in [2.75, 3.05) is 12.4 Å². The SMILES string of the molecule is COC(O)N[C@@H](CC/C=C/C(N)=O)C(=O)Nc1cccn(Cc2nc3cc(F)cc(OC(C)(C)C)c3[nH]2)c1=O. The summed E-state index contributed by atoms with van der Waals surface area (Å²) in [6.45, 7) is 5.53. The number of allylic oxidation sites excluding steroid dienone is 1. The van der Waals surface area contributed by atoms with Crippen molar-refractivity contribution in [1.82, 2.24) is 19.9 Å². The van der Waals surface area contributed by atoms with Crippen molar-refractivity contribution in [3.8, 4) is 5.75 Å². The molecule has 0 aliphatic rings. The second-order valence-corrected chi connectivity index (χ2v) is 9.73. The van der Waals surface area contributed by atoms with Gasteiger partial charge in [0, 0.05) is 25.4 Å². The molecule has 0 aliphatic carbocycles. The molecule has 2 heterocycles. The van der Waals surface area contributed by atoms with Crippen LogP contribution in [0.25, 0.3) is 11.0 Å². The standard InChI is InChI=1S/C26H33FN6O6/c1-26(2,3)39-19-13-15(27)12-18-22(19)32-21(29-18)14-33-11-7-9-17(24(33)36)30-23(35)16(31-25(37)38-4)8-5-6-10-20(28)34/h6-7,9-13,16,25,31,37H,5,8,14H2,1-4H3,(H2,28,34)(H,29,32)(H,30,35)/b10-6+/t16-,25?/m0/s1. The van der Waals surface area contributed by atoms with E-state index in [-0.39, 0.29) is 25.1 Å². The van der Waals surface area contributed by atoms with Gasteiger partial charge in [-0.2, -0.15) is 0 Å². The number of hydrogen-bond acceptors (Lipinski definition) is 8. The molecule has 39 heavy (non-hydrogen) atoms. The predicted octanol–water partition coefficient (Wildman–Crippen LogP) is 1.73. The number of hydrogen-bond donors (Lipinski definition) is 5. The number of imidazole rings is 1. The molecule has 0 saturated carbocycles. The van der Waals surface area contributed by atoms with Gasteiger partial charge in [0.1, 0.15) is 34.2 Å². The first kappa shape index (κ1) is 29.5. The molecular weight excluding hydrogens is 511 g/mol. The summed E-state index contributed by atoms with van der Waals surface area (Å²) in [5.41, 5.74) is 4.83. The Morgan fingerprint density at radius 1 is 1.33 bits per heavy atom. The highest BCUT2D eigenvalue weighted by Crippen LogP contribution is 2.28. The first-order valence-electron chi connectivity index (χ1n) is 12.2. The van der Waals surface area contributed by atoms with Gasteiger partial charge in [0.05, 0.1) is 18.1 Å². The first-order chi connectivity index (χ1) is 18.4. The molecule has 6 N–H and O–H groups in total. The number of aromatic amines is 1. The topological polar surface area (TPSA) is 174 Å². The maximum Gasteiger partial charge on any atom is 0.274 e. The van der Waals surface area contributed by atoms with Gasteiger partial charge in [-0.25, -0.2) is 9.37 Å². The predicted molar refractivity (Wildman–Crippen MR) is 142 cm³/mol. The summed E-state index contributed by atoms with van der Waals surface area (Å²) in [5, 5.41) is 15.0. The van der Waals surface area contributed by atoms with Crippen LogP contribution in [0.3, 0.4) is 0 Å². The number of amides is 2. The molecule has 0 saturated heterocycles. The number of rotatable bonds is 12. The van der Waals surface area contributed by atoms with Gasteiger partial charge in [-0.3, -0.25) is 19.7 Å². The number of ether oxygens (including phenoxy) is 2. The van der Waals surface area contributed by atoms with Crippen LogP contribution in [0.1, 0.15) is 39.4 Å². The molecule has 0 spiro atoms. The van der Waals surface area contributed by atoms with Crippen molar-refractivity contribution in [3.63, 3.8) is 0 Å². The van der Waals surface area contributed by atoms with Crippen LogP contribution in [0.15, 0.2) is 47.4 Å². The number of methoxy groups -OCH3 is 1. The molecule has 0 bridgehead atoms. The molecule has 2 amide bonds. The van der Waals surface area contributed by atoms with Crippen LogP contribution in [-0.4, -0.2) is 56.6 Å². The van der Waals surface area contributed by atoms with Crippen molar-refractivity contribution in [2.24, 2.45) is 5.73 Å². The third kappa shape index (κ3) is 8.46. The highest BCUT2D eigenvalue weighted by molar-refractivity contribution is 5.94. The van der Waals surface area contributed by atoms with Gasteiger partial charge in [-0.15, -0.1) is 0 Å². The van der Waals surface area contributed by atoms with E-state index >= 15 is 0 Å². The van der Waals surface area contributed by atoms with E-state index in [0.717, 1.165) is 0 Å². The molecule has 0 aliphatic heterocycles. The first-order valence-corrected chi connectivity index (χ1v) is 12.2. The monoisotopic (exact) mass is 544 g/mol. The lowest BCUT2D eigenvalue weighted by atomic mass is 10.1.